The van der Waals surface area contributed by atoms with Crippen LogP contribution in [0.5, 0.6) is 5.88 Å². The molecular weight excluding hydrogens is 426 g/mol. The second-order valence-corrected chi connectivity index (χ2v) is 6.13. The van der Waals surface area contributed by atoms with E-state index in [4.69, 9.17) is 21.6 Å². The molecule has 10 nitrogen and oxygen atoms in total. The molecule has 0 aromatic carbocycles. The molecule has 1 amide bonds. The Morgan fingerprint density at radius 2 is 2.06 bits per heavy atom. The summed E-state index contributed by atoms with van der Waals surface area (Å²) in [4.78, 5) is 23.6. The highest BCUT2D eigenvalue weighted by Gasteiger charge is 2.41. The summed E-state index contributed by atoms with van der Waals surface area (Å²) in [6, 6.07) is 0.983. The van der Waals surface area contributed by atoms with Gasteiger partial charge in [0.15, 0.2) is 18.1 Å². The van der Waals surface area contributed by atoms with Crippen LogP contribution in [-0.2, 0) is 4.74 Å². The second-order valence-electron chi connectivity index (χ2n) is 6.13. The quantitative estimate of drug-likeness (QED) is 0.258. The largest absolute Gasteiger partial charge is 0.474 e. The normalized spacial score (nSPS) is 12.2. The number of alkyl halides is 3. The van der Waals surface area contributed by atoms with Gasteiger partial charge in [0.05, 0.1) is 17.8 Å². The summed E-state index contributed by atoms with van der Waals surface area (Å²) in [5.41, 5.74) is 9.54. The van der Waals surface area contributed by atoms with Crippen molar-refractivity contribution in [2.75, 3.05) is 30.9 Å². The number of hydrogen-bond acceptors (Lipinski definition) is 8. The third-order valence-corrected chi connectivity index (χ3v) is 3.90. The van der Waals surface area contributed by atoms with Gasteiger partial charge in [0.2, 0.25) is 5.88 Å². The number of carbonyl (C=O) groups is 1. The Morgan fingerprint density at radius 1 is 1.35 bits per heavy atom. The van der Waals surface area contributed by atoms with Crippen molar-refractivity contribution in [1.82, 2.24) is 15.0 Å². The monoisotopic (exact) mass is 445 g/mol. The minimum atomic E-state index is -3.62. The van der Waals surface area contributed by atoms with Gasteiger partial charge in [-0.1, -0.05) is 6.92 Å². The molecule has 2 rings (SSSR count). The van der Waals surface area contributed by atoms with Crippen LogP contribution in [0.15, 0.2) is 18.3 Å². The molecular formula is C17H19F4N7O3. The topological polar surface area (TPSA) is 162 Å². The zero-order chi connectivity index (χ0) is 23.2. The van der Waals surface area contributed by atoms with Gasteiger partial charge in [-0.15, -0.1) is 0 Å². The zero-order valence-electron chi connectivity index (χ0n) is 16.2. The number of anilines is 2. The smallest absolute Gasteiger partial charge is 0.289 e. The predicted octanol–water partition coefficient (Wildman–Crippen LogP) is 1.84. The van der Waals surface area contributed by atoms with E-state index in [2.05, 4.69) is 25.0 Å². The van der Waals surface area contributed by atoms with E-state index in [1.54, 1.807) is 0 Å². The SMILES string of the molecule is C[C@@H](c1nc(NC(=O)c2ncc(OCCF)nc2N)ccc1F)C(F)(F)COC(=N)N. The summed E-state index contributed by atoms with van der Waals surface area (Å²) in [6.07, 6.45) is 1.04. The van der Waals surface area contributed by atoms with Gasteiger partial charge in [0.25, 0.3) is 17.9 Å². The highest BCUT2D eigenvalue weighted by molar-refractivity contribution is 6.05. The molecule has 0 aliphatic rings. The van der Waals surface area contributed by atoms with Crippen LogP contribution in [-0.4, -0.2) is 52.7 Å². The first-order chi connectivity index (χ1) is 14.5. The summed E-state index contributed by atoms with van der Waals surface area (Å²) in [6.45, 7) is -1.30. The van der Waals surface area contributed by atoms with Gasteiger partial charge >= 0.3 is 0 Å². The number of hydrogen-bond donors (Lipinski definition) is 4. The molecule has 2 aromatic heterocycles. The van der Waals surface area contributed by atoms with Crippen molar-refractivity contribution in [3.8, 4) is 5.88 Å². The molecule has 2 aromatic rings. The zero-order valence-corrected chi connectivity index (χ0v) is 16.2. The fraction of sp³-hybridized carbons (Fsp3) is 0.353. The van der Waals surface area contributed by atoms with Crippen molar-refractivity contribution >= 4 is 23.6 Å². The number of amides is 1. The molecule has 0 aliphatic carbocycles. The maximum absolute atomic E-state index is 14.2. The van der Waals surface area contributed by atoms with E-state index in [0.29, 0.717) is 0 Å². The van der Waals surface area contributed by atoms with E-state index in [1.165, 1.54) is 0 Å². The molecule has 0 fully saturated rings. The van der Waals surface area contributed by atoms with Gasteiger partial charge in [-0.05, 0) is 12.1 Å². The highest BCUT2D eigenvalue weighted by Crippen LogP contribution is 2.34. The van der Waals surface area contributed by atoms with Crippen LogP contribution >= 0.6 is 0 Å². The van der Waals surface area contributed by atoms with E-state index in [-0.39, 0.29) is 29.8 Å². The average molecular weight is 445 g/mol. The van der Waals surface area contributed by atoms with Crippen molar-refractivity contribution < 1.29 is 31.8 Å². The summed E-state index contributed by atoms with van der Waals surface area (Å²) in [7, 11) is 0. The van der Waals surface area contributed by atoms with Crippen molar-refractivity contribution in [3.63, 3.8) is 0 Å². The van der Waals surface area contributed by atoms with E-state index in [9.17, 15) is 22.4 Å². The van der Waals surface area contributed by atoms with Crippen LogP contribution in [0.25, 0.3) is 0 Å². The molecule has 6 N–H and O–H groups in total. The molecule has 0 aliphatic heterocycles. The summed E-state index contributed by atoms with van der Waals surface area (Å²) in [5.74, 6) is -8.02. The van der Waals surface area contributed by atoms with Crippen LogP contribution in [0.3, 0.4) is 0 Å². The molecule has 0 spiro atoms. The molecule has 0 bridgehead atoms. The third-order valence-electron chi connectivity index (χ3n) is 3.90. The van der Waals surface area contributed by atoms with Crippen LogP contribution in [0.2, 0.25) is 0 Å². The van der Waals surface area contributed by atoms with E-state index < -0.39 is 48.6 Å². The number of carbonyl (C=O) groups excluding carboxylic acids is 1. The molecule has 0 saturated carbocycles. The number of pyridine rings is 1. The molecule has 1 atom stereocenters. The Morgan fingerprint density at radius 3 is 2.68 bits per heavy atom. The van der Waals surface area contributed by atoms with E-state index in [1.807, 2.05) is 0 Å². The van der Waals surface area contributed by atoms with E-state index >= 15 is 0 Å². The van der Waals surface area contributed by atoms with Crippen molar-refractivity contribution in [3.05, 3.63) is 35.5 Å². The maximum Gasteiger partial charge on any atom is 0.289 e. The van der Waals surface area contributed by atoms with E-state index in [0.717, 1.165) is 25.3 Å². The number of nitrogens with one attached hydrogen (secondary N) is 2. The van der Waals surface area contributed by atoms with Gasteiger partial charge < -0.3 is 26.3 Å². The molecule has 14 heteroatoms. The third kappa shape index (κ3) is 6.13. The number of aromatic nitrogens is 3. The lowest BCUT2D eigenvalue weighted by Crippen LogP contribution is -2.34. The number of nitrogens with two attached hydrogens (primary N) is 2. The number of rotatable bonds is 9. The first kappa shape index (κ1) is 23.6. The Hall–Kier alpha value is -3.71. The number of amidine groups is 1. The summed E-state index contributed by atoms with van der Waals surface area (Å²) < 4.78 is 63.9. The lowest BCUT2D eigenvalue weighted by molar-refractivity contribution is -0.0659. The minimum Gasteiger partial charge on any atom is -0.474 e. The van der Waals surface area contributed by atoms with Crippen molar-refractivity contribution in [1.29, 1.82) is 5.41 Å². The average Bonchev–Trinajstić information content (AvgIpc) is 2.71. The number of ether oxygens (including phenoxy) is 2. The Balaban J connectivity index is 2.20. The lowest BCUT2D eigenvalue weighted by atomic mass is 9.99. The van der Waals surface area contributed by atoms with Gasteiger partial charge in [-0.3, -0.25) is 10.2 Å². The Labute approximate surface area is 173 Å². The highest BCUT2D eigenvalue weighted by atomic mass is 19.3. The molecule has 2 heterocycles. The minimum absolute atomic E-state index is 0.0993. The Bertz CT molecular complexity index is 961. The van der Waals surface area contributed by atoms with Crippen LogP contribution in [0.4, 0.5) is 29.2 Å². The van der Waals surface area contributed by atoms with Gasteiger partial charge in [-0.2, -0.15) is 4.98 Å². The molecule has 31 heavy (non-hydrogen) atoms. The molecule has 0 saturated heterocycles. The lowest BCUT2D eigenvalue weighted by Gasteiger charge is -2.23. The predicted molar refractivity (Wildman–Crippen MR) is 101 cm³/mol. The molecule has 168 valence electrons. The Kier molecular flexibility index (Phi) is 7.50. The summed E-state index contributed by atoms with van der Waals surface area (Å²) >= 11 is 0. The number of nitrogen functional groups attached to an aromatic ring is 1. The van der Waals surface area contributed by atoms with Crippen molar-refractivity contribution in [2.24, 2.45) is 5.73 Å². The van der Waals surface area contributed by atoms with Crippen molar-refractivity contribution in [2.45, 2.75) is 18.8 Å². The molecule has 0 unspecified atom stereocenters. The fourth-order valence-electron chi connectivity index (χ4n) is 2.28. The number of halogens is 4. The summed E-state index contributed by atoms with van der Waals surface area (Å²) in [5, 5.41) is 9.11. The first-order valence-corrected chi connectivity index (χ1v) is 8.69. The fourth-order valence-corrected chi connectivity index (χ4v) is 2.28. The standard InChI is InChI=1S/C17H19F4N7O3/c1-8(17(20,21)7-31-16(23)24)12-9(19)2-3-10(26-12)27-15(29)13-14(22)28-11(6-25-13)30-5-4-18/h2-3,6,8H,4-5,7H2,1H3,(H2,22,28)(H3,23,24)(H,26,27,29)/t8-/m0/s1. The van der Waals surface area contributed by atoms with Crippen LogP contribution in [0.1, 0.15) is 29.0 Å². The second kappa shape index (κ2) is 9.86. The van der Waals surface area contributed by atoms with Crippen LogP contribution < -0.4 is 21.5 Å². The maximum atomic E-state index is 14.2. The van der Waals surface area contributed by atoms with Gasteiger partial charge in [0, 0.05) is 0 Å². The van der Waals surface area contributed by atoms with Crippen LogP contribution in [0, 0.1) is 11.2 Å². The van der Waals surface area contributed by atoms with Gasteiger partial charge in [0.1, 0.15) is 24.9 Å². The first-order valence-electron chi connectivity index (χ1n) is 8.69. The number of nitrogens with zero attached hydrogens (tertiary/aromatic N) is 3. The molecule has 0 radical (unpaired) electrons. The van der Waals surface area contributed by atoms with Gasteiger partial charge in [-0.25, -0.2) is 27.5 Å².